The van der Waals surface area contributed by atoms with Gasteiger partial charge in [0.05, 0.1) is 18.5 Å². The van der Waals surface area contributed by atoms with Crippen LogP contribution in [0.4, 0.5) is 11.4 Å². The monoisotopic (exact) mass is 415 g/mol. The number of aromatic nitrogens is 1. The molecule has 3 N–H and O–H groups in total. The molecule has 0 atom stereocenters. The molecule has 0 saturated heterocycles. The second-order valence-electron chi connectivity index (χ2n) is 7.00. The second kappa shape index (κ2) is 7.97. The van der Waals surface area contributed by atoms with Crippen molar-refractivity contribution in [3.8, 4) is 5.75 Å². The van der Waals surface area contributed by atoms with Gasteiger partial charge in [0.25, 0.3) is 5.91 Å². The average Bonchev–Trinajstić information content (AvgIpc) is 2.98. The highest BCUT2D eigenvalue weighted by atomic mass is 35.5. The molecule has 3 aromatic rings. The van der Waals surface area contributed by atoms with Crippen molar-refractivity contribution in [2.24, 2.45) is 0 Å². The van der Waals surface area contributed by atoms with E-state index in [2.05, 4.69) is 11.4 Å². The quantitative estimate of drug-likeness (QED) is 0.596. The fourth-order valence-electron chi connectivity index (χ4n) is 3.64. The first kappa shape index (κ1) is 19.0. The Morgan fingerprint density at radius 1 is 1.21 bits per heavy atom. The molecule has 0 unspecified atom stereocenters. The Morgan fingerprint density at radius 3 is 2.79 bits per heavy atom. The predicted molar refractivity (Wildman–Crippen MR) is 116 cm³/mol. The number of nitrogens with one attached hydrogen (secondary N) is 1. The minimum atomic E-state index is -0.284. The molecule has 2 heterocycles. The van der Waals surface area contributed by atoms with Gasteiger partial charge >= 0.3 is 0 Å². The molecule has 0 aliphatic heterocycles. The highest BCUT2D eigenvalue weighted by Gasteiger charge is 2.21. The number of rotatable bonds is 3. The average molecular weight is 416 g/mol. The SMILES string of the molecule is COc1ccc(Cl)cc1NC(=O)c1sc2nc3c(cc2c1N)CCCCCC3. The molecule has 1 amide bonds. The third-order valence-electron chi connectivity index (χ3n) is 5.12. The molecular formula is C21H22ClN3O2S. The van der Waals surface area contributed by atoms with E-state index in [0.717, 1.165) is 35.2 Å². The number of thiophene rings is 1. The smallest absolute Gasteiger partial charge is 0.268 e. The maximum absolute atomic E-state index is 12.9. The van der Waals surface area contributed by atoms with E-state index in [0.29, 0.717) is 27.0 Å². The molecule has 146 valence electrons. The van der Waals surface area contributed by atoms with Crippen molar-refractivity contribution in [2.45, 2.75) is 38.5 Å². The van der Waals surface area contributed by atoms with Crippen LogP contribution in [-0.2, 0) is 12.8 Å². The molecule has 1 aliphatic carbocycles. The summed E-state index contributed by atoms with van der Waals surface area (Å²) in [5.74, 6) is 0.256. The number of nitrogens with two attached hydrogens (primary N) is 1. The molecule has 0 radical (unpaired) electrons. The van der Waals surface area contributed by atoms with E-state index < -0.39 is 0 Å². The number of carbonyl (C=O) groups excluding carboxylic acids is 1. The van der Waals surface area contributed by atoms with Crippen LogP contribution in [0.5, 0.6) is 5.75 Å². The van der Waals surface area contributed by atoms with Crippen LogP contribution in [0.25, 0.3) is 10.2 Å². The minimum absolute atomic E-state index is 0.284. The molecule has 1 aliphatic rings. The highest BCUT2D eigenvalue weighted by molar-refractivity contribution is 7.21. The largest absolute Gasteiger partial charge is 0.495 e. The number of halogens is 1. The van der Waals surface area contributed by atoms with Crippen LogP contribution in [-0.4, -0.2) is 18.0 Å². The minimum Gasteiger partial charge on any atom is -0.495 e. The van der Waals surface area contributed by atoms with Crippen LogP contribution in [0.15, 0.2) is 24.3 Å². The number of carbonyl (C=O) groups is 1. The maximum Gasteiger partial charge on any atom is 0.268 e. The molecule has 0 bridgehead atoms. The summed E-state index contributed by atoms with van der Waals surface area (Å²) in [6.07, 6.45) is 6.85. The van der Waals surface area contributed by atoms with Crippen molar-refractivity contribution in [3.63, 3.8) is 0 Å². The van der Waals surface area contributed by atoms with E-state index >= 15 is 0 Å². The van der Waals surface area contributed by atoms with E-state index in [1.54, 1.807) is 25.3 Å². The van der Waals surface area contributed by atoms with Gasteiger partial charge in [-0.1, -0.05) is 24.4 Å². The molecule has 28 heavy (non-hydrogen) atoms. The third-order valence-corrected chi connectivity index (χ3v) is 6.46. The van der Waals surface area contributed by atoms with Gasteiger partial charge in [0.2, 0.25) is 0 Å². The lowest BCUT2D eigenvalue weighted by atomic mass is 9.96. The van der Waals surface area contributed by atoms with Crippen LogP contribution >= 0.6 is 22.9 Å². The van der Waals surface area contributed by atoms with E-state index in [1.165, 1.54) is 36.2 Å². The zero-order valence-electron chi connectivity index (χ0n) is 15.7. The van der Waals surface area contributed by atoms with E-state index in [4.69, 9.17) is 27.1 Å². The molecular weight excluding hydrogens is 394 g/mol. The summed E-state index contributed by atoms with van der Waals surface area (Å²) in [4.78, 5) is 19.0. The van der Waals surface area contributed by atoms with Gasteiger partial charge in [-0.05, 0) is 55.5 Å². The number of aryl methyl sites for hydroxylation is 2. The molecule has 1 aromatic carbocycles. The standard InChI is InChI=1S/C21H22ClN3O2S/c1-27-17-9-8-13(22)11-16(17)24-20(26)19-18(23)14-10-12-6-4-2-3-5-7-15(12)25-21(14)28-19/h8-11H,2-7,23H2,1H3,(H,24,26). The summed E-state index contributed by atoms with van der Waals surface area (Å²) in [7, 11) is 1.55. The van der Waals surface area contributed by atoms with Gasteiger partial charge in [0, 0.05) is 16.1 Å². The van der Waals surface area contributed by atoms with Crippen LogP contribution < -0.4 is 15.8 Å². The number of nitrogens with zero attached hydrogens (tertiary/aromatic N) is 1. The van der Waals surface area contributed by atoms with Crippen LogP contribution in [0.2, 0.25) is 5.02 Å². The lowest BCUT2D eigenvalue weighted by molar-refractivity contribution is 0.103. The molecule has 5 nitrogen and oxygen atoms in total. The Balaban J connectivity index is 1.70. The Bertz CT molecular complexity index is 1050. The summed E-state index contributed by atoms with van der Waals surface area (Å²) in [5.41, 5.74) is 9.76. The lowest BCUT2D eigenvalue weighted by Gasteiger charge is -2.12. The maximum atomic E-state index is 12.9. The van der Waals surface area contributed by atoms with E-state index in [-0.39, 0.29) is 5.91 Å². The van der Waals surface area contributed by atoms with Crippen LogP contribution in [0.1, 0.15) is 46.6 Å². The normalized spacial score (nSPS) is 14.2. The predicted octanol–water partition coefficient (Wildman–Crippen LogP) is 5.45. The number of hydrogen-bond acceptors (Lipinski definition) is 5. The molecule has 4 rings (SSSR count). The van der Waals surface area contributed by atoms with Crippen molar-refractivity contribution in [3.05, 3.63) is 45.4 Å². The lowest BCUT2D eigenvalue weighted by Crippen LogP contribution is -2.12. The van der Waals surface area contributed by atoms with Gasteiger partial charge < -0.3 is 15.8 Å². The number of pyridine rings is 1. The number of benzene rings is 1. The fourth-order valence-corrected chi connectivity index (χ4v) is 4.80. The Kier molecular flexibility index (Phi) is 5.42. The van der Waals surface area contributed by atoms with Gasteiger partial charge in [-0.25, -0.2) is 4.98 Å². The number of ether oxygens (including phenoxy) is 1. The van der Waals surface area contributed by atoms with Crippen molar-refractivity contribution < 1.29 is 9.53 Å². The van der Waals surface area contributed by atoms with Crippen molar-refractivity contribution in [1.29, 1.82) is 0 Å². The van der Waals surface area contributed by atoms with Gasteiger partial charge in [-0.15, -0.1) is 11.3 Å². The Hall–Kier alpha value is -2.31. The molecule has 7 heteroatoms. The first-order valence-electron chi connectivity index (χ1n) is 9.42. The number of nitrogen functional groups attached to an aromatic ring is 1. The van der Waals surface area contributed by atoms with E-state index in [1.807, 2.05) is 0 Å². The first-order valence-corrected chi connectivity index (χ1v) is 10.6. The number of methoxy groups -OCH3 is 1. The summed E-state index contributed by atoms with van der Waals surface area (Å²) >= 11 is 7.39. The summed E-state index contributed by atoms with van der Waals surface area (Å²) in [6, 6.07) is 7.22. The van der Waals surface area contributed by atoms with Crippen molar-refractivity contribution in [1.82, 2.24) is 4.98 Å². The Labute approximate surface area is 172 Å². The van der Waals surface area contributed by atoms with Gasteiger partial charge in [-0.3, -0.25) is 4.79 Å². The number of anilines is 2. The topological polar surface area (TPSA) is 77.2 Å². The zero-order chi connectivity index (χ0) is 19.7. The van der Waals surface area contributed by atoms with Crippen LogP contribution in [0, 0.1) is 0 Å². The molecule has 0 saturated carbocycles. The molecule has 2 aromatic heterocycles. The van der Waals surface area contributed by atoms with Gasteiger partial charge in [0.1, 0.15) is 15.5 Å². The number of hydrogen-bond donors (Lipinski definition) is 2. The van der Waals surface area contributed by atoms with E-state index in [9.17, 15) is 4.79 Å². The first-order chi connectivity index (χ1) is 13.6. The van der Waals surface area contributed by atoms with Crippen molar-refractivity contribution in [2.75, 3.05) is 18.2 Å². The second-order valence-corrected chi connectivity index (χ2v) is 8.44. The zero-order valence-corrected chi connectivity index (χ0v) is 17.3. The fraction of sp³-hybridized carbons (Fsp3) is 0.333. The Morgan fingerprint density at radius 2 is 2.00 bits per heavy atom. The third kappa shape index (κ3) is 3.66. The summed E-state index contributed by atoms with van der Waals surface area (Å²) in [5, 5.41) is 4.25. The number of amides is 1. The molecule has 0 fully saturated rings. The van der Waals surface area contributed by atoms with Crippen LogP contribution in [0.3, 0.4) is 0 Å². The summed E-state index contributed by atoms with van der Waals surface area (Å²) < 4.78 is 5.30. The van der Waals surface area contributed by atoms with Gasteiger partial charge in [-0.2, -0.15) is 0 Å². The number of fused-ring (bicyclic) bond motifs is 2. The highest BCUT2D eigenvalue weighted by Crippen LogP contribution is 2.36. The van der Waals surface area contributed by atoms with Gasteiger partial charge in [0.15, 0.2) is 0 Å². The summed E-state index contributed by atoms with van der Waals surface area (Å²) in [6.45, 7) is 0. The van der Waals surface area contributed by atoms with Crippen molar-refractivity contribution >= 4 is 50.4 Å². The molecule has 0 spiro atoms.